The van der Waals surface area contributed by atoms with Gasteiger partial charge in [0.25, 0.3) is 5.91 Å². The van der Waals surface area contributed by atoms with Crippen molar-refractivity contribution in [2.45, 2.75) is 63.9 Å². The number of anilines is 1. The monoisotopic (exact) mass is 658 g/mol. The van der Waals surface area contributed by atoms with Crippen molar-refractivity contribution in [1.82, 2.24) is 29.5 Å². The number of carbonyl (C=O) groups excluding carboxylic acids is 3. The second kappa shape index (κ2) is 14.7. The molecule has 0 aliphatic heterocycles. The summed E-state index contributed by atoms with van der Waals surface area (Å²) in [4.78, 5) is 44.8. The fourth-order valence-electron chi connectivity index (χ4n) is 4.97. The number of rotatable bonds is 12. The van der Waals surface area contributed by atoms with E-state index in [2.05, 4.69) is 30.2 Å². The maximum atomic E-state index is 14.8. The van der Waals surface area contributed by atoms with Gasteiger partial charge in [0, 0.05) is 29.9 Å². The first-order chi connectivity index (χ1) is 22.1. The molecule has 0 saturated heterocycles. The number of esters is 2. The van der Waals surface area contributed by atoms with Crippen LogP contribution >= 0.6 is 11.3 Å². The van der Waals surface area contributed by atoms with Crippen molar-refractivity contribution in [2.75, 3.05) is 19.0 Å². The van der Waals surface area contributed by atoms with Gasteiger partial charge in [-0.2, -0.15) is 14.6 Å². The largest absolute Gasteiger partial charge is 0.469 e. The van der Waals surface area contributed by atoms with Crippen molar-refractivity contribution in [3.63, 3.8) is 0 Å². The summed E-state index contributed by atoms with van der Waals surface area (Å²) < 4.78 is 47.2. The molecule has 1 aliphatic rings. The minimum atomic E-state index is -1.18. The number of aromatic nitrogens is 6. The number of nitrogens with one attached hydrogen (secondary N) is 1. The molecule has 244 valence electrons. The summed E-state index contributed by atoms with van der Waals surface area (Å²) in [6.07, 6.45) is 7.65. The van der Waals surface area contributed by atoms with E-state index in [1.165, 1.54) is 34.7 Å². The Morgan fingerprint density at radius 2 is 1.91 bits per heavy atom. The van der Waals surface area contributed by atoms with Gasteiger partial charge in [-0.15, -0.1) is 11.3 Å². The number of pyridine rings is 1. The third kappa shape index (κ3) is 7.78. The number of hydrogen-bond donors (Lipinski definition) is 2. The smallest absolute Gasteiger partial charge is 0.325 e. The minimum absolute atomic E-state index is 0.00476. The van der Waals surface area contributed by atoms with Gasteiger partial charge < -0.3 is 25.3 Å². The van der Waals surface area contributed by atoms with E-state index in [1.54, 1.807) is 17.1 Å². The average molecular weight is 659 g/mol. The van der Waals surface area contributed by atoms with Crippen LogP contribution in [-0.4, -0.2) is 73.2 Å². The van der Waals surface area contributed by atoms with Crippen LogP contribution in [0.15, 0.2) is 36.1 Å². The number of carbonyl (C=O) groups is 3. The van der Waals surface area contributed by atoms with E-state index >= 15 is 0 Å². The van der Waals surface area contributed by atoms with Gasteiger partial charge in [-0.05, 0) is 44.7 Å². The molecule has 17 heteroatoms. The number of halogens is 2. The van der Waals surface area contributed by atoms with E-state index in [0.29, 0.717) is 17.2 Å². The zero-order chi connectivity index (χ0) is 32.8. The van der Waals surface area contributed by atoms with Crippen LogP contribution < -0.4 is 11.1 Å². The summed E-state index contributed by atoms with van der Waals surface area (Å²) in [5, 5.41) is 13.4. The second-order valence-electron chi connectivity index (χ2n) is 10.5. The quantitative estimate of drug-likeness (QED) is 0.167. The minimum Gasteiger partial charge on any atom is -0.469 e. The molecule has 1 saturated carbocycles. The van der Waals surface area contributed by atoms with Gasteiger partial charge in [-0.3, -0.25) is 19.1 Å². The SMILES string of the molecule is CCOC1CCC(n2cc(NC(=O)c3csc(-c4cnn(COC(=O)C(N)CC(=O)OC)c4)n3)c(-c3nc(F)ccc3F)n2)CC1. The number of hydrogen-bond acceptors (Lipinski definition) is 12. The van der Waals surface area contributed by atoms with E-state index in [9.17, 15) is 23.2 Å². The van der Waals surface area contributed by atoms with Crippen molar-refractivity contribution < 1.29 is 37.4 Å². The van der Waals surface area contributed by atoms with Crippen LogP contribution in [0.5, 0.6) is 0 Å². The lowest BCUT2D eigenvalue weighted by Gasteiger charge is -2.28. The van der Waals surface area contributed by atoms with Gasteiger partial charge in [0.1, 0.15) is 28.1 Å². The molecule has 0 spiro atoms. The number of ether oxygens (including phenoxy) is 3. The Kier molecular flexibility index (Phi) is 10.4. The number of amides is 1. The lowest BCUT2D eigenvalue weighted by Crippen LogP contribution is -2.35. The summed E-state index contributed by atoms with van der Waals surface area (Å²) in [6.45, 7) is 2.32. The van der Waals surface area contributed by atoms with Crippen LogP contribution in [0.25, 0.3) is 22.0 Å². The van der Waals surface area contributed by atoms with Crippen molar-refractivity contribution in [2.24, 2.45) is 5.73 Å². The number of thiazole rings is 1. The van der Waals surface area contributed by atoms with Crippen LogP contribution in [0.2, 0.25) is 0 Å². The van der Waals surface area contributed by atoms with Gasteiger partial charge in [0.2, 0.25) is 5.95 Å². The zero-order valence-corrected chi connectivity index (χ0v) is 25.8. The third-order valence-electron chi connectivity index (χ3n) is 7.31. The van der Waals surface area contributed by atoms with Crippen LogP contribution in [0.1, 0.15) is 55.6 Å². The van der Waals surface area contributed by atoms with Gasteiger partial charge in [0.05, 0.1) is 37.6 Å². The summed E-state index contributed by atoms with van der Waals surface area (Å²) in [6, 6.07) is 0.661. The van der Waals surface area contributed by atoms with Gasteiger partial charge in [-0.1, -0.05) is 0 Å². The predicted molar refractivity (Wildman–Crippen MR) is 160 cm³/mol. The van der Waals surface area contributed by atoms with E-state index in [-0.39, 0.29) is 48.1 Å². The first kappa shape index (κ1) is 32.8. The van der Waals surface area contributed by atoms with Gasteiger partial charge >= 0.3 is 11.9 Å². The first-order valence-electron chi connectivity index (χ1n) is 14.5. The number of nitrogens with two attached hydrogens (primary N) is 1. The first-order valence-corrected chi connectivity index (χ1v) is 15.3. The topological polar surface area (TPSA) is 178 Å². The molecule has 1 atom stereocenters. The summed E-state index contributed by atoms with van der Waals surface area (Å²) in [5.41, 5.74) is 6.09. The fraction of sp³-hybridized carbons (Fsp3) is 0.414. The molecule has 0 radical (unpaired) electrons. The zero-order valence-electron chi connectivity index (χ0n) is 25.0. The Hall–Kier alpha value is -4.61. The Bertz CT molecular complexity index is 1700. The van der Waals surface area contributed by atoms with Crippen LogP contribution in [-0.2, 0) is 30.5 Å². The van der Waals surface area contributed by atoms with Crippen LogP contribution in [0.4, 0.5) is 14.5 Å². The molecule has 1 unspecified atom stereocenters. The average Bonchev–Trinajstić information content (AvgIpc) is 3.82. The van der Waals surface area contributed by atoms with E-state index in [0.717, 1.165) is 37.8 Å². The Morgan fingerprint density at radius 1 is 1.13 bits per heavy atom. The Morgan fingerprint density at radius 3 is 2.65 bits per heavy atom. The normalized spacial score (nSPS) is 17.0. The van der Waals surface area contributed by atoms with Crippen molar-refractivity contribution in [3.8, 4) is 22.0 Å². The number of nitrogens with zero attached hydrogens (tertiary/aromatic N) is 6. The maximum Gasteiger partial charge on any atom is 0.325 e. The molecule has 1 aliphatic carbocycles. The van der Waals surface area contributed by atoms with Gasteiger partial charge in [0.15, 0.2) is 12.5 Å². The Labute approximate surface area is 265 Å². The summed E-state index contributed by atoms with van der Waals surface area (Å²) >= 11 is 1.17. The highest BCUT2D eigenvalue weighted by molar-refractivity contribution is 7.13. The Balaban J connectivity index is 1.29. The molecule has 1 amide bonds. The molecule has 4 aromatic heterocycles. The predicted octanol–water partition coefficient (Wildman–Crippen LogP) is 3.71. The highest BCUT2D eigenvalue weighted by Gasteiger charge is 2.27. The molecule has 3 N–H and O–H groups in total. The molecular weight excluding hydrogens is 626 g/mol. The summed E-state index contributed by atoms with van der Waals surface area (Å²) in [5.74, 6) is -3.71. The fourth-order valence-corrected chi connectivity index (χ4v) is 5.74. The van der Waals surface area contributed by atoms with Crippen molar-refractivity contribution in [3.05, 3.63) is 53.6 Å². The lowest BCUT2D eigenvalue weighted by atomic mass is 9.93. The molecule has 5 rings (SSSR count). The molecule has 0 bridgehead atoms. The maximum absolute atomic E-state index is 14.8. The molecule has 0 aromatic carbocycles. The highest BCUT2D eigenvalue weighted by Crippen LogP contribution is 2.34. The third-order valence-corrected chi connectivity index (χ3v) is 8.20. The van der Waals surface area contributed by atoms with E-state index in [4.69, 9.17) is 15.2 Å². The van der Waals surface area contributed by atoms with Crippen LogP contribution in [0, 0.1) is 11.8 Å². The molecule has 46 heavy (non-hydrogen) atoms. The molecule has 4 heterocycles. The van der Waals surface area contributed by atoms with E-state index in [1.807, 2.05) is 6.92 Å². The molecule has 4 aromatic rings. The lowest BCUT2D eigenvalue weighted by molar-refractivity contribution is -0.153. The van der Waals surface area contributed by atoms with Crippen molar-refractivity contribution >= 4 is 34.9 Å². The number of methoxy groups -OCH3 is 1. The van der Waals surface area contributed by atoms with Crippen LogP contribution in [0.3, 0.4) is 0 Å². The molecular formula is C29H32F2N8O6S. The highest BCUT2D eigenvalue weighted by atomic mass is 32.1. The van der Waals surface area contributed by atoms with Gasteiger partial charge in [-0.25, -0.2) is 19.0 Å². The van der Waals surface area contributed by atoms with Crippen molar-refractivity contribution in [1.29, 1.82) is 0 Å². The molecule has 14 nitrogen and oxygen atoms in total. The standard InChI is InChI=1S/C29H32F2N8O6S/c1-3-44-18-6-4-17(5-7-18)39-13-21(26(37-39)25-19(30)8-9-23(31)36-25)34-27(41)22-14-46-28(35-22)16-11-33-38(12-16)15-45-29(42)20(32)10-24(40)43-2/h8-9,11-14,17-18,20H,3-7,10,15,32H2,1-2H3,(H,34,41). The summed E-state index contributed by atoms with van der Waals surface area (Å²) in [7, 11) is 1.19. The second-order valence-corrected chi connectivity index (χ2v) is 11.3. The molecule has 1 fully saturated rings. The van der Waals surface area contributed by atoms with E-state index < -0.39 is 35.7 Å².